The van der Waals surface area contributed by atoms with Gasteiger partial charge in [-0.2, -0.15) is 0 Å². The van der Waals surface area contributed by atoms with E-state index < -0.39 is 0 Å². The Bertz CT molecular complexity index is 468. The van der Waals surface area contributed by atoms with Crippen molar-refractivity contribution in [3.8, 4) is 0 Å². The van der Waals surface area contributed by atoms with E-state index in [-0.39, 0.29) is 0 Å². The van der Waals surface area contributed by atoms with Gasteiger partial charge in [0, 0.05) is 50.5 Å². The molecule has 2 saturated heterocycles. The highest BCUT2D eigenvalue weighted by Gasteiger charge is 2.28. The minimum atomic E-state index is 0.551. The van der Waals surface area contributed by atoms with Gasteiger partial charge in [0.1, 0.15) is 5.82 Å². The maximum Gasteiger partial charge on any atom is 0.133 e. The van der Waals surface area contributed by atoms with E-state index in [1.165, 1.54) is 43.7 Å². The average molecular weight is 302 g/mol. The number of piperidine rings is 1. The molecule has 2 fully saturated rings. The van der Waals surface area contributed by atoms with Crippen LogP contribution in [-0.2, 0) is 0 Å². The van der Waals surface area contributed by atoms with Gasteiger partial charge in [0.05, 0.1) is 0 Å². The van der Waals surface area contributed by atoms with E-state index in [0.29, 0.717) is 6.04 Å². The zero-order valence-electron chi connectivity index (χ0n) is 14.1. The first kappa shape index (κ1) is 15.8. The molecular formula is C18H30N4. The van der Waals surface area contributed by atoms with Crippen molar-refractivity contribution in [1.82, 2.24) is 15.2 Å². The average Bonchev–Trinajstić information content (AvgIpc) is 2.56. The lowest BCUT2D eigenvalue weighted by Crippen LogP contribution is -2.45. The van der Waals surface area contributed by atoms with E-state index in [0.717, 1.165) is 32.1 Å². The molecule has 4 nitrogen and oxygen atoms in total. The molecule has 2 aliphatic heterocycles. The van der Waals surface area contributed by atoms with Crippen LogP contribution >= 0.6 is 0 Å². The molecule has 3 rings (SSSR count). The normalized spacial score (nSPS) is 24.0. The lowest BCUT2D eigenvalue weighted by atomic mass is 9.94. The quantitative estimate of drug-likeness (QED) is 0.926. The lowest BCUT2D eigenvalue weighted by molar-refractivity contribution is 0.132. The Hall–Kier alpha value is -1.13. The van der Waals surface area contributed by atoms with Crippen molar-refractivity contribution in [2.45, 2.75) is 39.2 Å². The Morgan fingerprint density at radius 3 is 2.82 bits per heavy atom. The smallest absolute Gasteiger partial charge is 0.133 e. The second-order valence-corrected chi connectivity index (χ2v) is 7.05. The van der Waals surface area contributed by atoms with E-state index in [1.807, 2.05) is 6.20 Å². The lowest BCUT2D eigenvalue weighted by Gasteiger charge is -2.39. The van der Waals surface area contributed by atoms with Crippen LogP contribution in [0.1, 0.15) is 44.7 Å². The van der Waals surface area contributed by atoms with Crippen LogP contribution in [0.2, 0.25) is 0 Å². The number of hydrogen-bond donors (Lipinski definition) is 1. The van der Waals surface area contributed by atoms with Gasteiger partial charge in [-0.15, -0.1) is 0 Å². The fourth-order valence-electron chi connectivity index (χ4n) is 3.84. The summed E-state index contributed by atoms with van der Waals surface area (Å²) in [6, 6.07) is 4.98. The number of likely N-dealkylation sites (tertiary alicyclic amines) is 1. The van der Waals surface area contributed by atoms with Crippen LogP contribution in [-0.4, -0.2) is 49.2 Å². The molecular weight excluding hydrogens is 272 g/mol. The Morgan fingerprint density at radius 1 is 1.23 bits per heavy atom. The summed E-state index contributed by atoms with van der Waals surface area (Å²) in [7, 11) is 0. The van der Waals surface area contributed by atoms with Crippen molar-refractivity contribution in [2.24, 2.45) is 5.92 Å². The Balaban J connectivity index is 1.85. The molecule has 0 aliphatic carbocycles. The third kappa shape index (κ3) is 3.61. The second kappa shape index (κ2) is 7.42. The minimum Gasteiger partial charge on any atom is -0.354 e. The molecule has 3 heterocycles. The second-order valence-electron chi connectivity index (χ2n) is 7.05. The molecule has 0 saturated carbocycles. The fourth-order valence-corrected chi connectivity index (χ4v) is 3.84. The van der Waals surface area contributed by atoms with Crippen molar-refractivity contribution < 1.29 is 0 Å². The van der Waals surface area contributed by atoms with Crippen LogP contribution in [0.25, 0.3) is 0 Å². The molecule has 0 unspecified atom stereocenters. The van der Waals surface area contributed by atoms with Gasteiger partial charge in [-0.05, 0) is 31.4 Å². The first-order chi connectivity index (χ1) is 10.8. The monoisotopic (exact) mass is 302 g/mol. The highest BCUT2D eigenvalue weighted by molar-refractivity contribution is 5.49. The van der Waals surface area contributed by atoms with Crippen LogP contribution in [0.15, 0.2) is 18.3 Å². The topological polar surface area (TPSA) is 31.4 Å². The molecule has 0 radical (unpaired) electrons. The summed E-state index contributed by atoms with van der Waals surface area (Å²) in [5.41, 5.74) is 1.45. The van der Waals surface area contributed by atoms with Crippen LogP contribution in [0.3, 0.4) is 0 Å². The summed E-state index contributed by atoms with van der Waals surface area (Å²) in [6.45, 7) is 11.4. The third-order valence-electron chi connectivity index (χ3n) is 4.81. The Labute approximate surface area is 134 Å². The predicted molar refractivity (Wildman–Crippen MR) is 92.3 cm³/mol. The minimum absolute atomic E-state index is 0.551. The maximum absolute atomic E-state index is 4.76. The summed E-state index contributed by atoms with van der Waals surface area (Å²) in [5.74, 6) is 1.95. The summed E-state index contributed by atoms with van der Waals surface area (Å²) >= 11 is 0. The molecule has 0 bridgehead atoms. The number of nitrogens with one attached hydrogen (secondary N) is 1. The zero-order valence-corrected chi connectivity index (χ0v) is 14.1. The number of anilines is 1. The van der Waals surface area contributed by atoms with Crippen molar-refractivity contribution in [2.75, 3.05) is 44.2 Å². The molecule has 1 atom stereocenters. The first-order valence-electron chi connectivity index (χ1n) is 8.90. The molecule has 1 N–H and O–H groups in total. The molecule has 0 amide bonds. The van der Waals surface area contributed by atoms with Crippen molar-refractivity contribution in [3.05, 3.63) is 23.9 Å². The highest BCUT2D eigenvalue weighted by Crippen LogP contribution is 2.35. The van der Waals surface area contributed by atoms with Crippen LogP contribution in [0, 0.1) is 5.92 Å². The molecule has 2 aliphatic rings. The number of aromatic nitrogens is 1. The predicted octanol–water partition coefficient (Wildman–Crippen LogP) is 2.67. The van der Waals surface area contributed by atoms with E-state index in [4.69, 9.17) is 4.98 Å². The number of nitrogens with zero attached hydrogens (tertiary/aromatic N) is 3. The fraction of sp³-hybridized carbons (Fsp3) is 0.722. The van der Waals surface area contributed by atoms with Gasteiger partial charge in [0.15, 0.2) is 0 Å². The van der Waals surface area contributed by atoms with Gasteiger partial charge >= 0.3 is 0 Å². The maximum atomic E-state index is 4.76. The van der Waals surface area contributed by atoms with E-state index in [1.54, 1.807) is 0 Å². The van der Waals surface area contributed by atoms with Gasteiger partial charge < -0.3 is 10.2 Å². The van der Waals surface area contributed by atoms with Crippen molar-refractivity contribution in [3.63, 3.8) is 0 Å². The molecule has 1 aromatic heterocycles. The Morgan fingerprint density at radius 2 is 2.05 bits per heavy atom. The van der Waals surface area contributed by atoms with Crippen LogP contribution < -0.4 is 10.2 Å². The first-order valence-corrected chi connectivity index (χ1v) is 8.90. The molecule has 1 aromatic rings. The van der Waals surface area contributed by atoms with Crippen LogP contribution in [0.4, 0.5) is 5.82 Å². The molecule has 4 heteroatoms. The van der Waals surface area contributed by atoms with E-state index >= 15 is 0 Å². The van der Waals surface area contributed by atoms with Crippen molar-refractivity contribution >= 4 is 5.82 Å². The van der Waals surface area contributed by atoms with Gasteiger partial charge in [-0.3, -0.25) is 4.90 Å². The standard InChI is InChI=1S/C18H30N4/c1-15(2)14-22-11-4-3-7-17(22)16-6-5-8-20-18(16)21-12-9-19-10-13-21/h5-6,8,15,17,19H,3-4,7,9-14H2,1-2H3/t17-/m1/s1. The number of hydrogen-bond acceptors (Lipinski definition) is 4. The molecule has 0 aromatic carbocycles. The largest absolute Gasteiger partial charge is 0.354 e. The molecule has 122 valence electrons. The molecule has 22 heavy (non-hydrogen) atoms. The summed E-state index contributed by atoms with van der Waals surface area (Å²) in [4.78, 5) is 9.92. The third-order valence-corrected chi connectivity index (χ3v) is 4.81. The summed E-state index contributed by atoms with van der Waals surface area (Å²) < 4.78 is 0. The van der Waals surface area contributed by atoms with Crippen molar-refractivity contribution in [1.29, 1.82) is 0 Å². The van der Waals surface area contributed by atoms with E-state index in [2.05, 4.69) is 41.1 Å². The summed E-state index contributed by atoms with van der Waals surface area (Å²) in [6.07, 6.45) is 5.91. The number of rotatable bonds is 4. The van der Waals surface area contributed by atoms with E-state index in [9.17, 15) is 0 Å². The van der Waals surface area contributed by atoms with Gasteiger partial charge in [-0.1, -0.05) is 26.3 Å². The van der Waals surface area contributed by atoms with Gasteiger partial charge in [0.25, 0.3) is 0 Å². The Kier molecular flexibility index (Phi) is 5.32. The zero-order chi connectivity index (χ0) is 15.4. The van der Waals surface area contributed by atoms with Gasteiger partial charge in [0.2, 0.25) is 0 Å². The molecule has 0 spiro atoms. The highest BCUT2D eigenvalue weighted by atomic mass is 15.2. The van der Waals surface area contributed by atoms with Gasteiger partial charge in [-0.25, -0.2) is 4.98 Å². The number of piperazine rings is 1. The number of pyridine rings is 1. The summed E-state index contributed by atoms with van der Waals surface area (Å²) in [5, 5.41) is 3.44. The SMILES string of the molecule is CC(C)CN1CCCC[C@@H]1c1cccnc1N1CCNCC1. The van der Waals surface area contributed by atoms with Crippen LogP contribution in [0.5, 0.6) is 0 Å².